The molecule has 0 bridgehead atoms. The van der Waals surface area contributed by atoms with E-state index in [9.17, 15) is 0 Å². The second kappa shape index (κ2) is 13.8. The molecule has 1 aromatic rings. The second-order valence-electron chi connectivity index (χ2n) is 7.25. The lowest BCUT2D eigenvalue weighted by Gasteiger charge is -2.46. The summed E-state index contributed by atoms with van der Waals surface area (Å²) in [5.41, 5.74) is 6.26. The predicted octanol–water partition coefficient (Wildman–Crippen LogP) is 9.64. The standard InChI is InChI=1S/C21H30.3C2H6/c1-7-9-19-20(4,5)18(14-15-21(19,6)8-2)17-12-10-16(3)11-13-17;3*1-2/h9-14H,7-8,15H2,1-6H3;3*1-2H3/b19-9-;;;. The molecule has 0 nitrogen and oxygen atoms in total. The Morgan fingerprint density at radius 3 is 1.74 bits per heavy atom. The van der Waals surface area contributed by atoms with Crippen molar-refractivity contribution in [3.63, 3.8) is 0 Å². The van der Waals surface area contributed by atoms with Gasteiger partial charge in [-0.15, -0.1) is 0 Å². The molecule has 0 heteroatoms. The zero-order chi connectivity index (χ0) is 21.7. The fourth-order valence-electron chi connectivity index (χ4n) is 3.84. The molecule has 0 saturated heterocycles. The number of rotatable bonds is 3. The summed E-state index contributed by atoms with van der Waals surface area (Å²) in [5.74, 6) is 0. The fourth-order valence-corrected chi connectivity index (χ4v) is 3.84. The zero-order valence-corrected chi connectivity index (χ0v) is 20.6. The van der Waals surface area contributed by atoms with Crippen LogP contribution in [0.1, 0.15) is 107 Å². The molecule has 27 heavy (non-hydrogen) atoms. The maximum atomic E-state index is 2.49. The van der Waals surface area contributed by atoms with Crippen molar-refractivity contribution in [1.82, 2.24) is 0 Å². The van der Waals surface area contributed by atoms with E-state index in [0.29, 0.717) is 5.41 Å². The van der Waals surface area contributed by atoms with Crippen molar-refractivity contribution in [1.29, 1.82) is 0 Å². The van der Waals surface area contributed by atoms with Gasteiger partial charge in [-0.2, -0.15) is 0 Å². The lowest BCUT2D eigenvalue weighted by atomic mass is 9.58. The average molecular weight is 373 g/mol. The highest BCUT2D eigenvalue weighted by Crippen LogP contribution is 2.55. The molecular formula is C27H48. The van der Waals surface area contributed by atoms with Crippen molar-refractivity contribution in [2.45, 2.75) is 102 Å². The number of hydrogen-bond acceptors (Lipinski definition) is 0. The molecule has 0 aliphatic heterocycles. The molecule has 1 unspecified atom stereocenters. The van der Waals surface area contributed by atoms with Crippen LogP contribution in [0.3, 0.4) is 0 Å². The Morgan fingerprint density at radius 1 is 0.852 bits per heavy atom. The van der Waals surface area contributed by atoms with Crippen molar-refractivity contribution in [2.24, 2.45) is 10.8 Å². The van der Waals surface area contributed by atoms with Gasteiger partial charge in [-0.1, -0.05) is 124 Å². The molecule has 0 saturated carbocycles. The van der Waals surface area contributed by atoms with Crippen LogP contribution in [0.25, 0.3) is 5.57 Å². The Morgan fingerprint density at radius 2 is 1.33 bits per heavy atom. The van der Waals surface area contributed by atoms with Gasteiger partial charge in [0.05, 0.1) is 0 Å². The van der Waals surface area contributed by atoms with Gasteiger partial charge in [0, 0.05) is 5.41 Å². The summed E-state index contributed by atoms with van der Waals surface area (Å²) in [6.45, 7) is 26.0. The summed E-state index contributed by atoms with van der Waals surface area (Å²) >= 11 is 0. The predicted molar refractivity (Wildman–Crippen MR) is 128 cm³/mol. The molecular weight excluding hydrogens is 324 g/mol. The number of hydrogen-bond donors (Lipinski definition) is 0. The van der Waals surface area contributed by atoms with Crippen LogP contribution in [-0.4, -0.2) is 0 Å². The first-order valence-electron chi connectivity index (χ1n) is 11.3. The quantitative estimate of drug-likeness (QED) is 0.463. The van der Waals surface area contributed by atoms with E-state index < -0.39 is 0 Å². The van der Waals surface area contributed by atoms with Gasteiger partial charge in [0.2, 0.25) is 0 Å². The van der Waals surface area contributed by atoms with Gasteiger partial charge < -0.3 is 0 Å². The van der Waals surface area contributed by atoms with Crippen LogP contribution in [-0.2, 0) is 0 Å². The van der Waals surface area contributed by atoms with Crippen molar-refractivity contribution in [3.8, 4) is 0 Å². The summed E-state index contributed by atoms with van der Waals surface area (Å²) in [5, 5.41) is 0. The maximum absolute atomic E-state index is 2.49. The number of allylic oxidation sites excluding steroid dienone is 4. The van der Waals surface area contributed by atoms with E-state index in [1.54, 1.807) is 5.57 Å². The molecule has 0 heterocycles. The average Bonchev–Trinajstić information content (AvgIpc) is 2.71. The summed E-state index contributed by atoms with van der Waals surface area (Å²) in [4.78, 5) is 0. The molecule has 1 aliphatic carbocycles. The van der Waals surface area contributed by atoms with Crippen LogP contribution in [0, 0.1) is 17.8 Å². The van der Waals surface area contributed by atoms with Gasteiger partial charge in [-0.05, 0) is 42.7 Å². The van der Waals surface area contributed by atoms with Crippen LogP contribution < -0.4 is 0 Å². The van der Waals surface area contributed by atoms with Gasteiger partial charge >= 0.3 is 0 Å². The first kappa shape index (κ1) is 27.9. The van der Waals surface area contributed by atoms with Crippen LogP contribution in [0.2, 0.25) is 0 Å². The lowest BCUT2D eigenvalue weighted by molar-refractivity contribution is 0.310. The lowest BCUT2D eigenvalue weighted by Crippen LogP contribution is -2.33. The van der Waals surface area contributed by atoms with Crippen LogP contribution in [0.4, 0.5) is 0 Å². The normalized spacial score (nSPS) is 21.5. The van der Waals surface area contributed by atoms with E-state index in [1.807, 2.05) is 41.5 Å². The minimum atomic E-state index is 0.119. The summed E-state index contributed by atoms with van der Waals surface area (Å²) < 4.78 is 0. The van der Waals surface area contributed by atoms with Crippen molar-refractivity contribution < 1.29 is 0 Å². The molecule has 1 aliphatic rings. The molecule has 0 radical (unpaired) electrons. The Kier molecular flexibility index (Phi) is 14.3. The van der Waals surface area contributed by atoms with Crippen LogP contribution in [0.5, 0.6) is 0 Å². The third-order valence-corrected chi connectivity index (χ3v) is 5.30. The van der Waals surface area contributed by atoms with Crippen molar-refractivity contribution in [2.75, 3.05) is 0 Å². The van der Waals surface area contributed by atoms with E-state index >= 15 is 0 Å². The number of benzene rings is 1. The van der Waals surface area contributed by atoms with Gasteiger partial charge in [0.1, 0.15) is 0 Å². The van der Waals surface area contributed by atoms with Gasteiger partial charge in [-0.3, -0.25) is 0 Å². The monoisotopic (exact) mass is 372 g/mol. The third-order valence-electron chi connectivity index (χ3n) is 5.30. The summed E-state index contributed by atoms with van der Waals surface area (Å²) in [6.07, 6.45) is 8.45. The van der Waals surface area contributed by atoms with Crippen molar-refractivity contribution in [3.05, 3.63) is 53.1 Å². The highest BCUT2D eigenvalue weighted by atomic mass is 14.5. The van der Waals surface area contributed by atoms with E-state index in [1.165, 1.54) is 23.1 Å². The molecule has 0 amide bonds. The summed E-state index contributed by atoms with van der Waals surface area (Å²) in [7, 11) is 0. The molecule has 1 aromatic carbocycles. The SMILES string of the molecule is CC.CC.CC.CC/C=C1\C(C)(CC)CC=C(c2ccc(C)cc2)C1(C)C. The van der Waals surface area contributed by atoms with Crippen molar-refractivity contribution >= 4 is 5.57 Å². The van der Waals surface area contributed by atoms with E-state index in [2.05, 4.69) is 78.0 Å². The molecule has 0 N–H and O–H groups in total. The smallest absolute Gasteiger partial charge is 0.0113 e. The Balaban J connectivity index is 0. The van der Waals surface area contributed by atoms with Gasteiger partial charge in [0.15, 0.2) is 0 Å². The Labute approximate surface area is 172 Å². The fraction of sp³-hybridized carbons (Fsp3) is 0.630. The molecule has 0 spiro atoms. The maximum Gasteiger partial charge on any atom is 0.0113 e. The largest absolute Gasteiger partial charge is 0.0842 e. The highest BCUT2D eigenvalue weighted by molar-refractivity contribution is 5.75. The van der Waals surface area contributed by atoms with Gasteiger partial charge in [0.25, 0.3) is 0 Å². The summed E-state index contributed by atoms with van der Waals surface area (Å²) in [6, 6.07) is 9.01. The minimum Gasteiger partial charge on any atom is -0.0842 e. The highest BCUT2D eigenvalue weighted by Gasteiger charge is 2.41. The Hall–Kier alpha value is -1.30. The second-order valence-corrected chi connectivity index (χ2v) is 7.25. The topological polar surface area (TPSA) is 0 Å². The molecule has 0 aromatic heterocycles. The first-order valence-corrected chi connectivity index (χ1v) is 11.3. The molecule has 0 fully saturated rings. The van der Waals surface area contributed by atoms with Gasteiger partial charge in [-0.25, -0.2) is 0 Å². The molecule has 156 valence electrons. The molecule has 2 rings (SSSR count). The van der Waals surface area contributed by atoms with Crippen LogP contribution in [0.15, 0.2) is 42.0 Å². The molecule has 1 atom stereocenters. The van der Waals surface area contributed by atoms with Crippen LogP contribution >= 0.6 is 0 Å². The van der Waals surface area contributed by atoms with E-state index in [-0.39, 0.29) is 5.41 Å². The van der Waals surface area contributed by atoms with E-state index in [0.717, 1.165) is 12.8 Å². The first-order chi connectivity index (χ1) is 12.8. The van der Waals surface area contributed by atoms with E-state index in [4.69, 9.17) is 0 Å². The third kappa shape index (κ3) is 6.98. The Bertz CT molecular complexity index is 554. The number of aryl methyl sites for hydroxylation is 1. The zero-order valence-electron chi connectivity index (χ0n) is 20.6. The minimum absolute atomic E-state index is 0.119.